The molecule has 0 N–H and O–H groups in total. The summed E-state index contributed by atoms with van der Waals surface area (Å²) in [7, 11) is 0. The monoisotopic (exact) mass is 870 g/mol. The summed E-state index contributed by atoms with van der Waals surface area (Å²) in [4.78, 5) is 19.9. The Morgan fingerprint density at radius 2 is 0.838 bits per heavy atom. The minimum absolute atomic E-state index is 0.161. The van der Waals surface area contributed by atoms with Crippen LogP contribution in [0, 0.1) is 0 Å². The van der Waals surface area contributed by atoms with Crippen LogP contribution in [0.2, 0.25) is 0 Å². The molecule has 0 saturated heterocycles. The zero-order valence-corrected chi connectivity index (χ0v) is 37.5. The molecule has 9 aromatic carbocycles. The summed E-state index contributed by atoms with van der Waals surface area (Å²) in [5, 5.41) is 4.61. The van der Waals surface area contributed by atoms with Crippen LogP contribution in [0.4, 0.5) is 0 Å². The Bertz CT molecular complexity index is 3910. The Hall–Kier alpha value is -8.80. The first-order chi connectivity index (χ1) is 33.4. The smallest absolute Gasteiger partial charge is 0.164 e. The van der Waals surface area contributed by atoms with Gasteiger partial charge in [0.2, 0.25) is 0 Å². The van der Waals surface area contributed by atoms with Crippen LogP contribution >= 0.6 is 0 Å². The van der Waals surface area contributed by atoms with Crippen LogP contribution in [0.15, 0.2) is 223 Å². The van der Waals surface area contributed by atoms with E-state index in [0.717, 1.165) is 77.6 Å². The van der Waals surface area contributed by atoms with E-state index in [1.54, 1.807) is 6.20 Å². The van der Waals surface area contributed by atoms with Crippen molar-refractivity contribution < 1.29 is 4.42 Å². The maximum Gasteiger partial charge on any atom is 0.164 e. The van der Waals surface area contributed by atoms with E-state index in [1.165, 1.54) is 38.6 Å². The van der Waals surface area contributed by atoms with Gasteiger partial charge in [0.1, 0.15) is 11.2 Å². The Morgan fingerprint density at radius 1 is 0.338 bits per heavy atom. The average Bonchev–Trinajstić information content (AvgIpc) is 3.90. The zero-order valence-electron chi connectivity index (χ0n) is 37.5. The lowest BCUT2D eigenvalue weighted by Crippen LogP contribution is -2.15. The molecule has 1 aliphatic rings. The maximum atomic E-state index is 6.86. The van der Waals surface area contributed by atoms with E-state index in [-0.39, 0.29) is 5.41 Å². The van der Waals surface area contributed by atoms with Crippen molar-refractivity contribution in [1.29, 1.82) is 0 Å². The SMILES string of the molecule is CC1(C)c2ccccc2-c2ccc(-c3nc(-c4ccc(-c5ccc6ccccc6c5)cc4)nc(-c4ccc(-c5cccc6c5oc5c(-c7ccc(-c8cccnc8)cc7)cccc56)cc4)n3)cc21. The van der Waals surface area contributed by atoms with Gasteiger partial charge in [-0.25, -0.2) is 15.0 Å². The van der Waals surface area contributed by atoms with E-state index in [9.17, 15) is 0 Å². The van der Waals surface area contributed by atoms with Crippen LogP contribution in [0.25, 0.3) is 123 Å². The fourth-order valence-electron chi connectivity index (χ4n) is 10.2. The van der Waals surface area contributed by atoms with E-state index in [4.69, 9.17) is 19.4 Å². The van der Waals surface area contributed by atoms with Crippen molar-refractivity contribution in [2.24, 2.45) is 0 Å². The molecule has 0 radical (unpaired) electrons. The Kier molecular flexibility index (Phi) is 9.12. The van der Waals surface area contributed by atoms with Gasteiger partial charge in [-0.15, -0.1) is 0 Å². The number of furan rings is 1. The molecule has 1 aliphatic carbocycles. The third-order valence-electron chi connectivity index (χ3n) is 13.9. The largest absolute Gasteiger partial charge is 0.455 e. The standard InChI is InChI=1S/C63H42N4O/c1-63(2)56-18-6-5-13-52(56)53-34-33-48(37-57(53)63)62-66-60(44-28-21-40(22-29-44)47-32-23-39-10-3-4-11-46(39)36-47)65-61(67-62)45-30-26-43(27-31-45)51-15-8-17-55-54-16-7-14-50(58(54)68-59(51)55)42-24-19-41(20-25-42)49-12-9-35-64-38-49/h3-38H,1-2H3. The van der Waals surface area contributed by atoms with Gasteiger partial charge in [-0.2, -0.15) is 0 Å². The van der Waals surface area contributed by atoms with Crippen molar-refractivity contribution in [1.82, 2.24) is 19.9 Å². The molecule has 13 rings (SSSR count). The molecule has 5 heteroatoms. The van der Waals surface area contributed by atoms with E-state index >= 15 is 0 Å². The molecule has 5 nitrogen and oxygen atoms in total. The first-order valence-electron chi connectivity index (χ1n) is 23.1. The predicted molar refractivity (Wildman–Crippen MR) is 278 cm³/mol. The number of fused-ring (bicyclic) bond motifs is 7. The highest BCUT2D eigenvalue weighted by atomic mass is 16.3. The fraction of sp³-hybridized carbons (Fsp3) is 0.0476. The zero-order chi connectivity index (χ0) is 45.3. The van der Waals surface area contributed by atoms with Gasteiger partial charge in [-0.05, 0) is 84.6 Å². The van der Waals surface area contributed by atoms with Crippen molar-refractivity contribution in [3.63, 3.8) is 0 Å². The van der Waals surface area contributed by atoms with Gasteiger partial charge in [-0.1, -0.05) is 202 Å². The summed E-state index contributed by atoms with van der Waals surface area (Å²) in [5.74, 6) is 1.87. The summed E-state index contributed by atoms with van der Waals surface area (Å²) in [6.45, 7) is 4.61. The van der Waals surface area contributed by atoms with E-state index < -0.39 is 0 Å². The minimum atomic E-state index is -0.161. The van der Waals surface area contributed by atoms with Crippen LogP contribution in [-0.4, -0.2) is 19.9 Å². The lowest BCUT2D eigenvalue weighted by Gasteiger charge is -2.21. The second-order valence-electron chi connectivity index (χ2n) is 18.2. The van der Waals surface area contributed by atoms with Gasteiger partial charge in [0.25, 0.3) is 0 Å². The highest BCUT2D eigenvalue weighted by Gasteiger charge is 2.35. The van der Waals surface area contributed by atoms with Crippen LogP contribution in [0.3, 0.4) is 0 Å². The summed E-state index contributed by atoms with van der Waals surface area (Å²) in [5.41, 5.74) is 18.2. The normalized spacial score (nSPS) is 12.7. The van der Waals surface area contributed by atoms with Crippen molar-refractivity contribution in [3.05, 3.63) is 230 Å². The van der Waals surface area contributed by atoms with E-state index in [0.29, 0.717) is 17.5 Å². The minimum Gasteiger partial charge on any atom is -0.455 e. The number of hydrogen-bond donors (Lipinski definition) is 0. The van der Waals surface area contributed by atoms with Gasteiger partial charge in [0.15, 0.2) is 17.5 Å². The van der Waals surface area contributed by atoms with Crippen LogP contribution in [0.5, 0.6) is 0 Å². The summed E-state index contributed by atoms with van der Waals surface area (Å²) >= 11 is 0. The molecule has 3 heterocycles. The molecule has 0 fully saturated rings. The van der Waals surface area contributed by atoms with Gasteiger partial charge in [0, 0.05) is 56.4 Å². The third kappa shape index (κ3) is 6.62. The number of pyridine rings is 1. The number of rotatable bonds is 7. The highest BCUT2D eigenvalue weighted by Crippen LogP contribution is 2.49. The molecule has 0 aliphatic heterocycles. The number of benzene rings is 9. The fourth-order valence-corrected chi connectivity index (χ4v) is 10.2. The second kappa shape index (κ2) is 15.7. The van der Waals surface area contributed by atoms with Crippen molar-refractivity contribution in [3.8, 4) is 89.8 Å². The predicted octanol–water partition coefficient (Wildman–Crippen LogP) is 16.3. The topological polar surface area (TPSA) is 64.7 Å². The molecular formula is C63H42N4O. The summed E-state index contributed by atoms with van der Waals surface area (Å²) in [6, 6.07) is 73.0. The number of nitrogens with zero attached hydrogens (tertiary/aromatic N) is 4. The van der Waals surface area contributed by atoms with Crippen LogP contribution in [0.1, 0.15) is 25.0 Å². The van der Waals surface area contributed by atoms with Crippen LogP contribution < -0.4 is 0 Å². The van der Waals surface area contributed by atoms with Crippen molar-refractivity contribution >= 4 is 32.7 Å². The lowest BCUT2D eigenvalue weighted by molar-refractivity contribution is 0.660. The second-order valence-corrected chi connectivity index (χ2v) is 18.2. The lowest BCUT2D eigenvalue weighted by atomic mass is 9.82. The highest BCUT2D eigenvalue weighted by molar-refractivity contribution is 6.13. The number of hydrogen-bond acceptors (Lipinski definition) is 5. The summed E-state index contributed by atoms with van der Waals surface area (Å²) in [6.07, 6.45) is 3.69. The number of aromatic nitrogens is 4. The summed E-state index contributed by atoms with van der Waals surface area (Å²) < 4.78 is 6.86. The Labute approximate surface area is 394 Å². The maximum absolute atomic E-state index is 6.86. The van der Waals surface area contributed by atoms with Crippen LogP contribution in [-0.2, 0) is 5.41 Å². The van der Waals surface area contributed by atoms with Gasteiger partial charge >= 0.3 is 0 Å². The molecule has 0 unspecified atom stereocenters. The quantitative estimate of drug-likeness (QED) is 0.160. The molecular weight excluding hydrogens is 829 g/mol. The number of para-hydroxylation sites is 2. The van der Waals surface area contributed by atoms with Gasteiger partial charge in [0.05, 0.1) is 0 Å². The Balaban J connectivity index is 0.880. The van der Waals surface area contributed by atoms with Gasteiger partial charge < -0.3 is 4.42 Å². The molecule has 12 aromatic rings. The van der Waals surface area contributed by atoms with E-state index in [1.807, 2.05) is 12.3 Å². The molecule has 0 spiro atoms. The van der Waals surface area contributed by atoms with Crippen molar-refractivity contribution in [2.75, 3.05) is 0 Å². The Morgan fingerprint density at radius 3 is 1.47 bits per heavy atom. The molecule has 0 amide bonds. The third-order valence-corrected chi connectivity index (χ3v) is 13.9. The molecule has 0 atom stereocenters. The average molecular weight is 871 g/mol. The molecule has 3 aromatic heterocycles. The van der Waals surface area contributed by atoms with Crippen molar-refractivity contribution in [2.45, 2.75) is 19.3 Å². The first kappa shape index (κ1) is 39.6. The molecule has 68 heavy (non-hydrogen) atoms. The van der Waals surface area contributed by atoms with Gasteiger partial charge in [-0.3, -0.25) is 4.98 Å². The van der Waals surface area contributed by atoms with E-state index in [2.05, 4.69) is 219 Å². The first-order valence-corrected chi connectivity index (χ1v) is 23.1. The molecule has 320 valence electrons. The molecule has 0 saturated carbocycles. The molecule has 0 bridgehead atoms.